The summed E-state index contributed by atoms with van der Waals surface area (Å²) >= 11 is 0. The molecule has 0 aliphatic heterocycles. The molecule has 0 aliphatic carbocycles. The van der Waals surface area contributed by atoms with Gasteiger partial charge in [0, 0.05) is 18.5 Å². The average Bonchev–Trinajstić information content (AvgIpc) is 2.61. The summed E-state index contributed by atoms with van der Waals surface area (Å²) in [6.07, 6.45) is 0. The van der Waals surface area contributed by atoms with Crippen molar-refractivity contribution < 1.29 is 4.79 Å². The number of amides is 2. The minimum absolute atomic E-state index is 0.0453. The third-order valence-corrected chi connectivity index (χ3v) is 4.30. The molecular formula is C21H29N3O. The normalized spacial score (nSPS) is 12.7. The maximum absolute atomic E-state index is 12.4. The molecule has 0 fully saturated rings. The van der Waals surface area contributed by atoms with Crippen molar-refractivity contribution in [3.8, 4) is 0 Å². The number of carbonyl (C=O) groups is 1. The van der Waals surface area contributed by atoms with Gasteiger partial charge >= 0.3 is 6.03 Å². The Hall–Kier alpha value is -2.33. The van der Waals surface area contributed by atoms with Crippen LogP contribution in [-0.2, 0) is 5.41 Å². The van der Waals surface area contributed by atoms with E-state index in [0.717, 1.165) is 12.1 Å². The van der Waals surface area contributed by atoms with E-state index in [1.807, 2.05) is 62.6 Å². The second kappa shape index (κ2) is 8.67. The summed E-state index contributed by atoms with van der Waals surface area (Å²) in [5.74, 6) is 0. The lowest BCUT2D eigenvalue weighted by Gasteiger charge is -2.27. The molecule has 0 spiro atoms. The summed E-state index contributed by atoms with van der Waals surface area (Å²) in [7, 11) is 4.02. The van der Waals surface area contributed by atoms with Crippen LogP contribution in [0.15, 0.2) is 60.7 Å². The van der Waals surface area contributed by atoms with Crippen molar-refractivity contribution in [3.05, 3.63) is 71.8 Å². The molecule has 0 heterocycles. The Balaban J connectivity index is 1.97. The average molecular weight is 339 g/mol. The van der Waals surface area contributed by atoms with E-state index in [9.17, 15) is 4.79 Å². The maximum Gasteiger partial charge on any atom is 0.315 e. The van der Waals surface area contributed by atoms with Crippen molar-refractivity contribution >= 4 is 6.03 Å². The molecule has 1 atom stereocenters. The van der Waals surface area contributed by atoms with Crippen LogP contribution in [0.2, 0.25) is 0 Å². The largest absolute Gasteiger partial charge is 0.337 e. The Kier molecular flexibility index (Phi) is 6.59. The van der Waals surface area contributed by atoms with Gasteiger partial charge in [-0.15, -0.1) is 0 Å². The number of nitrogens with zero attached hydrogens (tertiary/aromatic N) is 1. The van der Waals surface area contributed by atoms with E-state index in [2.05, 4.69) is 41.5 Å². The van der Waals surface area contributed by atoms with Gasteiger partial charge in [-0.2, -0.15) is 0 Å². The highest BCUT2D eigenvalue weighted by atomic mass is 16.2. The molecule has 0 radical (unpaired) electrons. The Bertz CT molecular complexity index is 653. The third-order valence-electron chi connectivity index (χ3n) is 4.30. The Morgan fingerprint density at radius 2 is 1.56 bits per heavy atom. The van der Waals surface area contributed by atoms with Gasteiger partial charge in [0.25, 0.3) is 0 Å². The van der Waals surface area contributed by atoms with Crippen LogP contribution in [0.4, 0.5) is 4.79 Å². The van der Waals surface area contributed by atoms with Gasteiger partial charge in [-0.1, -0.05) is 74.5 Å². The van der Waals surface area contributed by atoms with Crippen molar-refractivity contribution in [2.24, 2.45) is 0 Å². The highest BCUT2D eigenvalue weighted by Crippen LogP contribution is 2.21. The summed E-state index contributed by atoms with van der Waals surface area (Å²) in [6, 6.07) is 20.1. The number of hydrogen-bond donors (Lipinski definition) is 2. The number of likely N-dealkylation sites (N-methyl/N-ethyl adjacent to an activating group) is 1. The van der Waals surface area contributed by atoms with Crippen LogP contribution in [0.5, 0.6) is 0 Å². The number of rotatable bonds is 7. The van der Waals surface area contributed by atoms with E-state index in [1.54, 1.807) is 0 Å². The number of nitrogens with one attached hydrogen (secondary N) is 2. The zero-order valence-corrected chi connectivity index (χ0v) is 15.6. The predicted molar refractivity (Wildman–Crippen MR) is 104 cm³/mol. The topological polar surface area (TPSA) is 44.4 Å². The first-order valence-electron chi connectivity index (χ1n) is 8.68. The molecule has 0 saturated carbocycles. The molecule has 2 rings (SSSR count). The molecule has 0 bridgehead atoms. The molecule has 2 N–H and O–H groups in total. The lowest BCUT2D eigenvalue weighted by Crippen LogP contribution is -2.45. The first-order valence-corrected chi connectivity index (χ1v) is 8.68. The second-order valence-corrected chi connectivity index (χ2v) is 7.30. The van der Waals surface area contributed by atoms with Crippen LogP contribution >= 0.6 is 0 Å². The first kappa shape index (κ1) is 19.0. The van der Waals surface area contributed by atoms with Crippen LogP contribution in [0, 0.1) is 0 Å². The van der Waals surface area contributed by atoms with Crippen molar-refractivity contribution in [2.75, 3.05) is 27.2 Å². The molecule has 25 heavy (non-hydrogen) atoms. The molecule has 0 saturated heterocycles. The standard InChI is InChI=1S/C21H29N3O/c1-21(2,18-13-9-6-10-14-18)16-22-20(25)23-19(15-24(3)4)17-11-7-5-8-12-17/h5-14,19H,15-16H2,1-4H3,(H2,22,23,25). The van der Waals surface area contributed by atoms with Gasteiger partial charge < -0.3 is 15.5 Å². The molecule has 4 nitrogen and oxygen atoms in total. The minimum atomic E-state index is -0.139. The van der Waals surface area contributed by atoms with Gasteiger partial charge in [0.15, 0.2) is 0 Å². The van der Waals surface area contributed by atoms with Gasteiger partial charge in [0.05, 0.1) is 6.04 Å². The fourth-order valence-corrected chi connectivity index (χ4v) is 2.79. The van der Waals surface area contributed by atoms with E-state index < -0.39 is 0 Å². The molecule has 134 valence electrons. The summed E-state index contributed by atoms with van der Waals surface area (Å²) in [4.78, 5) is 14.5. The van der Waals surface area contributed by atoms with Crippen molar-refractivity contribution in [2.45, 2.75) is 25.3 Å². The van der Waals surface area contributed by atoms with Crippen LogP contribution in [0.3, 0.4) is 0 Å². The highest BCUT2D eigenvalue weighted by molar-refractivity contribution is 5.74. The lowest BCUT2D eigenvalue weighted by atomic mass is 9.85. The highest BCUT2D eigenvalue weighted by Gasteiger charge is 2.22. The zero-order valence-electron chi connectivity index (χ0n) is 15.6. The van der Waals surface area contributed by atoms with E-state index in [4.69, 9.17) is 0 Å². The number of carbonyl (C=O) groups excluding carboxylic acids is 1. The molecule has 0 aromatic heterocycles. The molecular weight excluding hydrogens is 310 g/mol. The number of hydrogen-bond acceptors (Lipinski definition) is 2. The van der Waals surface area contributed by atoms with Gasteiger partial charge in [0.2, 0.25) is 0 Å². The van der Waals surface area contributed by atoms with Crippen LogP contribution in [0.25, 0.3) is 0 Å². The quantitative estimate of drug-likeness (QED) is 0.810. The molecule has 2 amide bonds. The lowest BCUT2D eigenvalue weighted by molar-refractivity contribution is 0.230. The van der Waals surface area contributed by atoms with Gasteiger partial charge in [-0.05, 0) is 25.2 Å². The van der Waals surface area contributed by atoms with Gasteiger partial charge in [-0.25, -0.2) is 4.79 Å². The number of benzene rings is 2. The summed E-state index contributed by atoms with van der Waals surface area (Å²) < 4.78 is 0. The fourth-order valence-electron chi connectivity index (χ4n) is 2.79. The van der Waals surface area contributed by atoms with E-state index >= 15 is 0 Å². The summed E-state index contributed by atoms with van der Waals surface area (Å²) in [5.41, 5.74) is 2.19. The van der Waals surface area contributed by atoms with Gasteiger partial charge in [-0.3, -0.25) is 0 Å². The molecule has 0 aliphatic rings. The Labute approximate surface area is 151 Å². The van der Waals surface area contributed by atoms with E-state index in [1.165, 1.54) is 5.56 Å². The third kappa shape index (κ3) is 5.91. The smallest absolute Gasteiger partial charge is 0.315 e. The van der Waals surface area contributed by atoms with Crippen molar-refractivity contribution in [1.82, 2.24) is 15.5 Å². The molecule has 2 aromatic rings. The maximum atomic E-state index is 12.4. The summed E-state index contributed by atoms with van der Waals surface area (Å²) in [5, 5.41) is 6.12. The van der Waals surface area contributed by atoms with E-state index in [0.29, 0.717) is 6.54 Å². The SMILES string of the molecule is CN(C)CC(NC(=O)NCC(C)(C)c1ccccc1)c1ccccc1. The Morgan fingerprint density at radius 1 is 1.00 bits per heavy atom. The predicted octanol–water partition coefficient (Wildman–Crippen LogP) is 3.57. The first-order chi connectivity index (χ1) is 11.9. The monoisotopic (exact) mass is 339 g/mol. The molecule has 1 unspecified atom stereocenters. The minimum Gasteiger partial charge on any atom is -0.337 e. The second-order valence-electron chi connectivity index (χ2n) is 7.30. The molecule has 4 heteroatoms. The summed E-state index contributed by atoms with van der Waals surface area (Å²) in [6.45, 7) is 5.60. The fraction of sp³-hybridized carbons (Fsp3) is 0.381. The van der Waals surface area contributed by atoms with Crippen LogP contribution in [-0.4, -0.2) is 38.1 Å². The van der Waals surface area contributed by atoms with Crippen LogP contribution < -0.4 is 10.6 Å². The zero-order chi connectivity index (χ0) is 18.3. The van der Waals surface area contributed by atoms with E-state index in [-0.39, 0.29) is 17.5 Å². The molecule has 2 aromatic carbocycles. The number of urea groups is 1. The van der Waals surface area contributed by atoms with Crippen molar-refractivity contribution in [1.29, 1.82) is 0 Å². The van der Waals surface area contributed by atoms with Crippen LogP contribution in [0.1, 0.15) is 31.0 Å². The van der Waals surface area contributed by atoms with Crippen molar-refractivity contribution in [3.63, 3.8) is 0 Å². The Morgan fingerprint density at radius 3 is 2.12 bits per heavy atom. The van der Waals surface area contributed by atoms with Gasteiger partial charge in [0.1, 0.15) is 0 Å².